The maximum absolute atomic E-state index is 12.0. The number of benzene rings is 2. The molecule has 0 aliphatic rings. The Morgan fingerprint density at radius 3 is 2.21 bits per heavy atom. The van der Waals surface area contributed by atoms with Crippen molar-refractivity contribution in [2.24, 2.45) is 0 Å². The highest BCUT2D eigenvalue weighted by atomic mass is 35.5. The van der Waals surface area contributed by atoms with Crippen LogP contribution < -0.4 is 20.7 Å². The van der Waals surface area contributed by atoms with Crippen LogP contribution in [0.1, 0.15) is 10.5 Å². The number of hydrogen-bond acceptors (Lipinski definition) is 6. The maximum atomic E-state index is 12.0. The largest absolute Gasteiger partial charge is 0.497 e. The zero-order valence-corrected chi connectivity index (χ0v) is 15.6. The number of methoxy groups -OCH3 is 1. The number of nitrogens with zero attached hydrogens (tertiary/aromatic N) is 2. The van der Waals surface area contributed by atoms with Gasteiger partial charge in [0, 0.05) is 0 Å². The maximum Gasteiger partial charge on any atom is 0.362 e. The smallest absolute Gasteiger partial charge is 0.362 e. The highest BCUT2D eigenvalue weighted by molar-refractivity contribution is 6.37. The molecule has 1 heterocycles. The monoisotopic (exact) mass is 423 g/mol. The second kappa shape index (κ2) is 7.75. The highest BCUT2D eigenvalue weighted by Crippen LogP contribution is 2.38. The quantitative estimate of drug-likeness (QED) is 0.646. The standard InChI is InChI=1S/C17H11Cl2N3O6/c1-27-9-2-4-10(5-3-9)28-14-11(18)6-8(7-12(14)19)22-17(26)20-15(23)13(21-22)16(24)25/h2-7H,1H3,(H,24,25)(H,20,23,26). The highest BCUT2D eigenvalue weighted by Gasteiger charge is 2.17. The van der Waals surface area contributed by atoms with Gasteiger partial charge in [0.2, 0.25) is 5.69 Å². The Kier molecular flexibility index (Phi) is 5.39. The van der Waals surface area contributed by atoms with Crippen molar-refractivity contribution in [1.82, 2.24) is 14.8 Å². The number of rotatable bonds is 5. The van der Waals surface area contributed by atoms with Gasteiger partial charge in [-0.1, -0.05) is 23.2 Å². The number of aromatic carboxylic acids is 1. The van der Waals surface area contributed by atoms with Crippen LogP contribution in [0.25, 0.3) is 5.69 Å². The number of carboxylic acids is 1. The van der Waals surface area contributed by atoms with Crippen LogP contribution in [0.4, 0.5) is 0 Å². The SMILES string of the molecule is COc1ccc(Oc2c(Cl)cc(-n3nc(C(=O)O)c(=O)[nH]c3=O)cc2Cl)cc1. The van der Waals surface area contributed by atoms with Gasteiger partial charge in [-0.2, -0.15) is 9.78 Å². The van der Waals surface area contributed by atoms with E-state index in [1.165, 1.54) is 19.2 Å². The first kappa shape index (κ1) is 19.5. The second-order valence-electron chi connectivity index (χ2n) is 5.34. The third kappa shape index (κ3) is 3.85. The van der Waals surface area contributed by atoms with Crippen LogP contribution in [-0.4, -0.2) is 33.0 Å². The molecule has 144 valence electrons. The van der Waals surface area contributed by atoms with Gasteiger partial charge in [0.15, 0.2) is 5.75 Å². The van der Waals surface area contributed by atoms with E-state index in [4.69, 9.17) is 37.8 Å². The van der Waals surface area contributed by atoms with E-state index in [-0.39, 0.29) is 21.5 Å². The summed E-state index contributed by atoms with van der Waals surface area (Å²) in [5.74, 6) is -0.401. The molecular formula is C17H11Cl2N3O6. The Morgan fingerprint density at radius 2 is 1.68 bits per heavy atom. The minimum Gasteiger partial charge on any atom is -0.497 e. The lowest BCUT2D eigenvalue weighted by atomic mass is 10.3. The molecule has 0 atom stereocenters. The summed E-state index contributed by atoms with van der Waals surface area (Å²) in [4.78, 5) is 36.5. The number of aromatic amines is 1. The molecule has 0 amide bonds. The molecule has 2 aromatic carbocycles. The summed E-state index contributed by atoms with van der Waals surface area (Å²) >= 11 is 12.4. The van der Waals surface area contributed by atoms with E-state index in [9.17, 15) is 14.4 Å². The number of nitrogens with one attached hydrogen (secondary N) is 1. The van der Waals surface area contributed by atoms with Crippen molar-refractivity contribution in [2.45, 2.75) is 0 Å². The number of carboxylic acid groups (broad SMARTS) is 1. The third-order valence-electron chi connectivity index (χ3n) is 3.54. The van der Waals surface area contributed by atoms with Gasteiger partial charge < -0.3 is 14.6 Å². The summed E-state index contributed by atoms with van der Waals surface area (Å²) in [7, 11) is 1.53. The van der Waals surface area contributed by atoms with Gasteiger partial charge in [-0.05, 0) is 36.4 Å². The van der Waals surface area contributed by atoms with Crippen LogP contribution in [0.2, 0.25) is 10.0 Å². The van der Waals surface area contributed by atoms with E-state index in [1.54, 1.807) is 24.3 Å². The van der Waals surface area contributed by atoms with Crippen molar-refractivity contribution >= 4 is 29.2 Å². The number of carbonyl (C=O) groups is 1. The Bertz CT molecular complexity index is 1150. The Hall–Kier alpha value is -3.30. The molecule has 0 saturated carbocycles. The topological polar surface area (TPSA) is 124 Å². The van der Waals surface area contributed by atoms with E-state index < -0.39 is 22.9 Å². The molecule has 9 nitrogen and oxygen atoms in total. The van der Waals surface area contributed by atoms with E-state index in [1.807, 2.05) is 4.98 Å². The molecule has 28 heavy (non-hydrogen) atoms. The summed E-state index contributed by atoms with van der Waals surface area (Å²) < 4.78 is 11.4. The number of H-pyrrole nitrogens is 1. The predicted octanol–water partition coefficient (Wildman–Crippen LogP) is 2.73. The summed E-state index contributed by atoms with van der Waals surface area (Å²) in [6.07, 6.45) is 0. The van der Waals surface area contributed by atoms with Crippen LogP contribution >= 0.6 is 23.2 Å². The van der Waals surface area contributed by atoms with Gasteiger partial charge in [-0.3, -0.25) is 9.78 Å². The zero-order valence-electron chi connectivity index (χ0n) is 14.1. The summed E-state index contributed by atoms with van der Waals surface area (Å²) in [6, 6.07) is 9.25. The number of halogens is 2. The second-order valence-corrected chi connectivity index (χ2v) is 6.16. The third-order valence-corrected chi connectivity index (χ3v) is 4.10. The number of ether oxygens (including phenoxy) is 2. The molecule has 0 unspecified atom stereocenters. The summed E-state index contributed by atoms with van der Waals surface area (Å²) in [5.41, 5.74) is -2.89. The van der Waals surface area contributed by atoms with Gasteiger partial charge >= 0.3 is 11.7 Å². The lowest BCUT2D eigenvalue weighted by Gasteiger charge is -2.12. The molecule has 1 aromatic heterocycles. The van der Waals surface area contributed by atoms with Gasteiger partial charge in [-0.25, -0.2) is 9.59 Å². The van der Waals surface area contributed by atoms with Crippen LogP contribution in [0, 0.1) is 0 Å². The van der Waals surface area contributed by atoms with Crippen LogP contribution in [-0.2, 0) is 0 Å². The van der Waals surface area contributed by atoms with Crippen LogP contribution in [0.3, 0.4) is 0 Å². The van der Waals surface area contributed by atoms with Gasteiger partial charge in [-0.15, -0.1) is 0 Å². The molecule has 0 radical (unpaired) electrons. The van der Waals surface area contributed by atoms with Crippen molar-refractivity contribution < 1.29 is 19.4 Å². The number of aromatic nitrogens is 3. The average Bonchev–Trinajstić information content (AvgIpc) is 2.64. The van der Waals surface area contributed by atoms with Crippen molar-refractivity contribution in [1.29, 1.82) is 0 Å². The van der Waals surface area contributed by atoms with Gasteiger partial charge in [0.05, 0.1) is 22.8 Å². The summed E-state index contributed by atoms with van der Waals surface area (Å²) in [5, 5.41) is 12.6. The van der Waals surface area contributed by atoms with Crippen molar-refractivity contribution in [3.8, 4) is 22.9 Å². The minimum absolute atomic E-state index is 0.0371. The molecule has 3 aromatic rings. The Morgan fingerprint density at radius 1 is 1.11 bits per heavy atom. The lowest BCUT2D eigenvalue weighted by molar-refractivity contribution is 0.0685. The van der Waals surface area contributed by atoms with Gasteiger partial charge in [0.1, 0.15) is 11.5 Å². The number of hydrogen-bond donors (Lipinski definition) is 2. The van der Waals surface area contributed by atoms with Gasteiger partial charge in [0.25, 0.3) is 5.56 Å². The van der Waals surface area contributed by atoms with Crippen LogP contribution in [0.5, 0.6) is 17.2 Å². The first-order valence-electron chi connectivity index (χ1n) is 7.58. The molecule has 3 rings (SSSR count). The predicted molar refractivity (Wildman–Crippen MR) is 101 cm³/mol. The van der Waals surface area contributed by atoms with Crippen molar-refractivity contribution in [2.75, 3.05) is 7.11 Å². The Labute approximate surface area is 166 Å². The molecule has 0 aliphatic carbocycles. The zero-order chi connectivity index (χ0) is 20.4. The van der Waals surface area contributed by atoms with Crippen molar-refractivity contribution in [3.63, 3.8) is 0 Å². The fraction of sp³-hybridized carbons (Fsp3) is 0.0588. The molecule has 0 saturated heterocycles. The molecule has 0 fully saturated rings. The molecule has 0 bridgehead atoms. The lowest BCUT2D eigenvalue weighted by Crippen LogP contribution is -2.35. The first-order valence-corrected chi connectivity index (χ1v) is 8.34. The summed E-state index contributed by atoms with van der Waals surface area (Å²) in [6.45, 7) is 0. The van der Waals surface area contributed by atoms with E-state index >= 15 is 0 Å². The minimum atomic E-state index is -1.59. The molecular weight excluding hydrogens is 413 g/mol. The molecule has 0 spiro atoms. The average molecular weight is 424 g/mol. The van der Waals surface area contributed by atoms with E-state index in [2.05, 4.69) is 5.10 Å². The molecule has 0 aliphatic heterocycles. The normalized spacial score (nSPS) is 10.5. The van der Waals surface area contributed by atoms with Crippen LogP contribution in [0.15, 0.2) is 46.0 Å². The molecule has 2 N–H and O–H groups in total. The fourth-order valence-corrected chi connectivity index (χ4v) is 2.80. The molecule has 11 heteroatoms. The van der Waals surface area contributed by atoms with Crippen molar-refractivity contribution in [3.05, 3.63) is 73.0 Å². The fourth-order valence-electron chi connectivity index (χ4n) is 2.24. The first-order chi connectivity index (χ1) is 13.3. The Balaban J connectivity index is 2.02. The van der Waals surface area contributed by atoms with E-state index in [0.717, 1.165) is 0 Å². The van der Waals surface area contributed by atoms with E-state index in [0.29, 0.717) is 16.2 Å².